The Morgan fingerprint density at radius 1 is 1.09 bits per heavy atom. The maximum absolute atomic E-state index is 13.2. The van der Waals surface area contributed by atoms with E-state index in [4.69, 9.17) is 9.16 Å². The number of ether oxygens (including phenoxy) is 1. The number of carbonyl (C=O) groups excluding carboxylic acids is 2. The number of hydrogen-bond acceptors (Lipinski definition) is 4. The van der Waals surface area contributed by atoms with Crippen molar-refractivity contribution >= 4 is 52.7 Å². The molecule has 3 rings (SSSR count). The van der Waals surface area contributed by atoms with Crippen LogP contribution in [0.5, 0.6) is 5.75 Å². The summed E-state index contributed by atoms with van der Waals surface area (Å²) in [6.45, 7) is 17.0. The average molecular weight is 536 g/mol. The number of nitrogens with one attached hydrogen (secondary N) is 1. The van der Waals surface area contributed by atoms with Crippen LogP contribution in [0.3, 0.4) is 0 Å². The third-order valence-corrected chi connectivity index (χ3v) is 11.3. The molecule has 0 saturated carbocycles. The van der Waals surface area contributed by atoms with E-state index in [9.17, 15) is 9.59 Å². The number of anilines is 1. The largest absolute Gasteiger partial charge is 0.543 e. The Morgan fingerprint density at radius 2 is 1.76 bits per heavy atom. The highest BCUT2D eigenvalue weighted by Gasteiger charge is 2.39. The first-order valence-corrected chi connectivity index (χ1v) is 15.0. The number of benzene rings is 2. The maximum Gasteiger partial charge on any atom is 0.408 e. The van der Waals surface area contributed by atoms with E-state index in [-0.39, 0.29) is 10.9 Å². The third kappa shape index (κ3) is 5.72. The van der Waals surface area contributed by atoms with E-state index in [1.54, 1.807) is 25.7 Å². The highest BCUT2D eigenvalue weighted by Crippen LogP contribution is 2.40. The fourth-order valence-electron chi connectivity index (χ4n) is 3.52. The van der Waals surface area contributed by atoms with E-state index >= 15 is 0 Å². The van der Waals surface area contributed by atoms with Crippen molar-refractivity contribution in [2.24, 2.45) is 0 Å². The second-order valence-electron chi connectivity index (χ2n) is 11.1. The molecule has 1 heterocycles. The second-order valence-corrected chi connectivity index (χ2v) is 16.7. The summed E-state index contributed by atoms with van der Waals surface area (Å²) < 4.78 is 12.8. The number of fused-ring (bicyclic) bond motifs is 1. The summed E-state index contributed by atoms with van der Waals surface area (Å²) in [5.41, 5.74) is 0.195. The lowest BCUT2D eigenvalue weighted by molar-refractivity contribution is -0.118. The van der Waals surface area contributed by atoms with Gasteiger partial charge in [0.15, 0.2) is 0 Å². The van der Waals surface area contributed by atoms with E-state index < -0.39 is 26.1 Å². The summed E-state index contributed by atoms with van der Waals surface area (Å²) in [7, 11) is -2.01. The number of hydrogen-bond donors (Lipinski definition) is 1. The van der Waals surface area contributed by atoms with E-state index in [2.05, 4.69) is 55.1 Å². The van der Waals surface area contributed by atoms with E-state index in [1.807, 2.05) is 30.3 Å². The van der Waals surface area contributed by atoms with Crippen LogP contribution in [-0.4, -0.2) is 38.5 Å². The number of nitrogens with zero attached hydrogens (tertiary/aromatic N) is 1. The predicted octanol–water partition coefficient (Wildman–Crippen LogP) is 6.62. The average Bonchev–Trinajstić information content (AvgIpc) is 2.99. The Balaban J connectivity index is 1.91. The van der Waals surface area contributed by atoms with Crippen molar-refractivity contribution in [3.8, 4) is 5.75 Å². The Labute approximate surface area is 206 Å². The zero-order chi connectivity index (χ0) is 24.8. The lowest BCUT2D eigenvalue weighted by atomic mass is 10.1. The first-order valence-electron chi connectivity index (χ1n) is 11.3. The quantitative estimate of drug-likeness (QED) is 0.447. The molecule has 1 N–H and O–H groups in total. The monoisotopic (exact) mass is 534 g/mol. The van der Waals surface area contributed by atoms with Crippen LogP contribution < -0.4 is 14.6 Å². The number of alkyl carbamates (subject to hydrolysis) is 1. The van der Waals surface area contributed by atoms with Gasteiger partial charge in [-0.1, -0.05) is 36.7 Å². The fourth-order valence-corrected chi connectivity index (χ4v) is 5.02. The molecule has 180 valence electrons. The predicted molar refractivity (Wildman–Crippen MR) is 140 cm³/mol. The molecule has 2 aromatic rings. The van der Waals surface area contributed by atoms with Gasteiger partial charge in [-0.05, 0) is 81.0 Å². The van der Waals surface area contributed by atoms with Crippen molar-refractivity contribution in [2.45, 2.75) is 77.7 Å². The highest BCUT2D eigenvalue weighted by molar-refractivity contribution is 9.10. The minimum absolute atomic E-state index is 0.0769. The summed E-state index contributed by atoms with van der Waals surface area (Å²) in [6, 6.07) is 9.34. The van der Waals surface area contributed by atoms with Gasteiger partial charge in [0.25, 0.3) is 0 Å². The molecular weight excluding hydrogens is 500 g/mol. The van der Waals surface area contributed by atoms with Crippen LogP contribution in [0.1, 0.15) is 48.0 Å². The zero-order valence-corrected chi connectivity index (χ0v) is 23.4. The molecule has 1 unspecified atom stereocenters. The zero-order valence-electron chi connectivity index (χ0n) is 20.8. The molecule has 1 saturated heterocycles. The van der Waals surface area contributed by atoms with Crippen molar-refractivity contribution in [1.29, 1.82) is 0 Å². The number of rotatable bonds is 4. The molecule has 1 fully saturated rings. The van der Waals surface area contributed by atoms with Crippen molar-refractivity contribution in [3.05, 3.63) is 34.8 Å². The van der Waals surface area contributed by atoms with Gasteiger partial charge in [0, 0.05) is 16.4 Å². The molecule has 8 heteroatoms. The Kier molecular flexibility index (Phi) is 6.93. The Morgan fingerprint density at radius 3 is 2.36 bits per heavy atom. The molecule has 0 bridgehead atoms. The lowest BCUT2D eigenvalue weighted by Crippen LogP contribution is -2.44. The van der Waals surface area contributed by atoms with Crippen LogP contribution in [0.2, 0.25) is 18.1 Å². The summed E-state index contributed by atoms with van der Waals surface area (Å²) in [5.74, 6) is 0.670. The third-order valence-electron chi connectivity index (χ3n) is 6.28. The highest BCUT2D eigenvalue weighted by atomic mass is 79.9. The van der Waals surface area contributed by atoms with Crippen LogP contribution in [0.25, 0.3) is 10.8 Å². The van der Waals surface area contributed by atoms with E-state index in [0.717, 1.165) is 26.7 Å². The van der Waals surface area contributed by atoms with Crippen LogP contribution >= 0.6 is 15.9 Å². The standard InChI is InChI=1S/C25H35BrN2O4Si/c1-24(2,3)31-23(30)27-20-13-14-28(22(20)29)21-12-11-19(26)17-10-9-16(15-18(17)21)32-33(7,8)25(4,5)6/h9-12,15,20H,13-14H2,1-8H3,(H,27,30). The molecule has 0 aromatic heterocycles. The first-order chi connectivity index (χ1) is 15.1. The van der Waals surface area contributed by atoms with E-state index in [1.165, 1.54) is 0 Å². The molecule has 6 nitrogen and oxygen atoms in total. The normalized spacial score (nSPS) is 17.4. The Bertz CT molecular complexity index is 1070. The van der Waals surface area contributed by atoms with Gasteiger partial charge in [0.1, 0.15) is 17.4 Å². The van der Waals surface area contributed by atoms with Crippen molar-refractivity contribution in [3.63, 3.8) is 0 Å². The van der Waals surface area contributed by atoms with Crippen LogP contribution in [0, 0.1) is 0 Å². The second kappa shape index (κ2) is 8.95. The van der Waals surface area contributed by atoms with Crippen molar-refractivity contribution in [2.75, 3.05) is 11.4 Å². The maximum atomic E-state index is 13.2. The summed E-state index contributed by atoms with van der Waals surface area (Å²) in [5, 5.41) is 4.74. The molecule has 1 aliphatic heterocycles. The van der Waals surface area contributed by atoms with Gasteiger partial charge in [-0.2, -0.15) is 0 Å². The molecule has 1 aliphatic rings. The van der Waals surface area contributed by atoms with Gasteiger partial charge in [0.2, 0.25) is 14.2 Å². The molecule has 0 aliphatic carbocycles. The van der Waals surface area contributed by atoms with Gasteiger partial charge < -0.3 is 19.4 Å². The van der Waals surface area contributed by atoms with Crippen LogP contribution in [-0.2, 0) is 9.53 Å². The fraction of sp³-hybridized carbons (Fsp3) is 0.520. The number of carbonyl (C=O) groups is 2. The summed E-state index contributed by atoms with van der Waals surface area (Å²) in [6.07, 6.45) is -0.0519. The molecule has 33 heavy (non-hydrogen) atoms. The van der Waals surface area contributed by atoms with E-state index in [0.29, 0.717) is 13.0 Å². The van der Waals surface area contributed by atoms with Gasteiger partial charge in [0.05, 0.1) is 5.69 Å². The molecule has 0 radical (unpaired) electrons. The first kappa shape index (κ1) is 25.6. The molecule has 1 atom stereocenters. The SMILES string of the molecule is CC(C)(C)OC(=O)NC1CCN(c2ccc(Br)c3ccc(O[Si](C)(C)C(C)(C)C)cc23)C1=O. The molecule has 0 spiro atoms. The topological polar surface area (TPSA) is 67.9 Å². The molecule has 2 aromatic carbocycles. The lowest BCUT2D eigenvalue weighted by Gasteiger charge is -2.36. The van der Waals surface area contributed by atoms with Gasteiger partial charge >= 0.3 is 6.09 Å². The number of amides is 2. The smallest absolute Gasteiger partial charge is 0.408 e. The van der Waals surface area contributed by atoms with Gasteiger partial charge in [-0.3, -0.25) is 4.79 Å². The summed E-state index contributed by atoms with van der Waals surface area (Å²) in [4.78, 5) is 27.1. The summed E-state index contributed by atoms with van der Waals surface area (Å²) >= 11 is 3.64. The van der Waals surface area contributed by atoms with Crippen LogP contribution in [0.4, 0.5) is 10.5 Å². The minimum atomic E-state index is -2.01. The van der Waals surface area contributed by atoms with Crippen molar-refractivity contribution < 1.29 is 18.8 Å². The molecule has 2 amide bonds. The van der Waals surface area contributed by atoms with Crippen LogP contribution in [0.15, 0.2) is 34.8 Å². The molecular formula is C25H35BrN2O4Si. The Hall–Kier alpha value is -2.06. The van der Waals surface area contributed by atoms with Gasteiger partial charge in [-0.25, -0.2) is 4.79 Å². The number of halogens is 1. The minimum Gasteiger partial charge on any atom is -0.543 e. The van der Waals surface area contributed by atoms with Gasteiger partial charge in [-0.15, -0.1) is 0 Å². The van der Waals surface area contributed by atoms with Crippen molar-refractivity contribution in [1.82, 2.24) is 5.32 Å².